The van der Waals surface area contributed by atoms with Gasteiger partial charge in [-0.1, -0.05) is 34.9 Å². The van der Waals surface area contributed by atoms with Crippen LogP contribution in [0.25, 0.3) is 0 Å². The first-order valence-corrected chi connectivity index (χ1v) is 15.3. The van der Waals surface area contributed by atoms with Gasteiger partial charge in [-0.3, -0.25) is 14.2 Å². The van der Waals surface area contributed by atoms with Gasteiger partial charge in [-0.15, -0.1) is 21.8 Å². The van der Waals surface area contributed by atoms with Crippen molar-refractivity contribution in [3.8, 4) is 5.75 Å². The van der Waals surface area contributed by atoms with Gasteiger partial charge in [0.1, 0.15) is 5.75 Å². The van der Waals surface area contributed by atoms with Crippen LogP contribution in [0.5, 0.6) is 5.75 Å². The number of nitrogens with two attached hydrogens (primary N) is 1. The number of aryl methyl sites for hydroxylation is 2. The molecule has 4 rings (SSSR count). The summed E-state index contributed by atoms with van der Waals surface area (Å²) in [6.45, 7) is 5.86. The number of halogens is 2. The van der Waals surface area contributed by atoms with E-state index in [1.807, 2.05) is 21.8 Å². The second-order valence-electron chi connectivity index (χ2n) is 10.2. The fourth-order valence-corrected chi connectivity index (χ4v) is 5.05. The minimum Gasteiger partial charge on any atom is -0.496 e. The maximum atomic E-state index is 12.6. The van der Waals surface area contributed by atoms with Crippen LogP contribution in [0, 0.1) is 5.92 Å². The van der Waals surface area contributed by atoms with E-state index in [1.54, 1.807) is 24.5 Å². The maximum absolute atomic E-state index is 12.6. The number of hydrogen-bond donors (Lipinski definition) is 2. The summed E-state index contributed by atoms with van der Waals surface area (Å²) >= 11 is 11.6. The Balaban J connectivity index is 0.000000352. The Bertz CT molecular complexity index is 1120. The summed E-state index contributed by atoms with van der Waals surface area (Å²) < 4.78 is 8.99. The van der Waals surface area contributed by atoms with Gasteiger partial charge >= 0.3 is 0 Å². The summed E-state index contributed by atoms with van der Waals surface area (Å²) in [6.07, 6.45) is 16.3. The molecule has 3 aromatic rings. The predicted octanol–water partition coefficient (Wildman–Crippen LogP) is 4.52. The van der Waals surface area contributed by atoms with E-state index < -0.39 is 0 Å². The van der Waals surface area contributed by atoms with Crippen molar-refractivity contribution in [2.45, 2.75) is 64.5 Å². The molecule has 2 aromatic heterocycles. The Labute approximate surface area is 252 Å². The number of carbonyl (C=O) groups excluding carboxylic acids is 1. The SMILES string of the molecule is COc1cc(N)c(Cl)cc1C(=O)NCC1CCN(CCCCCn2ccnn2)CC1.ClCCCCCn1ccnn1. The van der Waals surface area contributed by atoms with Gasteiger partial charge in [-0.05, 0) is 70.1 Å². The monoisotopic (exact) mass is 607 g/mol. The van der Waals surface area contributed by atoms with E-state index in [-0.39, 0.29) is 5.91 Å². The van der Waals surface area contributed by atoms with Crippen LogP contribution in [-0.2, 0) is 13.1 Å². The molecule has 1 aliphatic heterocycles. The van der Waals surface area contributed by atoms with Gasteiger partial charge in [-0.25, -0.2) is 0 Å². The van der Waals surface area contributed by atoms with E-state index in [0.717, 1.165) is 70.7 Å². The van der Waals surface area contributed by atoms with Gasteiger partial charge in [0.05, 0.1) is 35.8 Å². The van der Waals surface area contributed by atoms with Crippen LogP contribution in [0.3, 0.4) is 0 Å². The molecular formula is C28H43Cl2N9O2. The number of nitrogens with one attached hydrogen (secondary N) is 1. The molecule has 1 aromatic carbocycles. The molecule has 1 fully saturated rings. The van der Waals surface area contributed by atoms with Crippen LogP contribution in [0.1, 0.15) is 61.7 Å². The zero-order valence-corrected chi connectivity index (χ0v) is 25.4. The molecule has 11 nitrogen and oxygen atoms in total. The molecule has 13 heteroatoms. The minimum absolute atomic E-state index is 0.177. The zero-order chi connectivity index (χ0) is 29.3. The van der Waals surface area contributed by atoms with E-state index in [9.17, 15) is 4.79 Å². The number of alkyl halides is 1. The molecule has 0 spiro atoms. The molecule has 0 bridgehead atoms. The number of piperidine rings is 1. The second-order valence-corrected chi connectivity index (χ2v) is 11.0. The fourth-order valence-electron chi connectivity index (χ4n) is 4.70. The van der Waals surface area contributed by atoms with Crippen LogP contribution in [0.4, 0.5) is 5.69 Å². The number of benzene rings is 1. The minimum atomic E-state index is -0.177. The highest BCUT2D eigenvalue weighted by Gasteiger charge is 2.21. The summed E-state index contributed by atoms with van der Waals surface area (Å²) in [4.78, 5) is 15.1. The number of ether oxygens (including phenoxy) is 1. The van der Waals surface area contributed by atoms with E-state index in [4.69, 9.17) is 33.7 Å². The Morgan fingerprint density at radius 3 is 2.15 bits per heavy atom. The Morgan fingerprint density at radius 2 is 1.59 bits per heavy atom. The van der Waals surface area contributed by atoms with Crippen molar-refractivity contribution in [3.05, 3.63) is 47.5 Å². The highest BCUT2D eigenvalue weighted by molar-refractivity contribution is 6.33. The molecule has 41 heavy (non-hydrogen) atoms. The zero-order valence-electron chi connectivity index (χ0n) is 23.9. The van der Waals surface area contributed by atoms with Gasteiger partial charge in [0, 0.05) is 44.0 Å². The third-order valence-corrected chi connectivity index (χ3v) is 7.74. The lowest BCUT2D eigenvalue weighted by Gasteiger charge is -2.32. The van der Waals surface area contributed by atoms with E-state index in [2.05, 4.69) is 30.8 Å². The molecule has 0 aliphatic carbocycles. The second kappa shape index (κ2) is 18.5. The Morgan fingerprint density at radius 1 is 0.976 bits per heavy atom. The van der Waals surface area contributed by atoms with Crippen molar-refractivity contribution in [1.82, 2.24) is 40.2 Å². The van der Waals surface area contributed by atoms with Crippen LogP contribution < -0.4 is 15.8 Å². The number of hydrogen-bond acceptors (Lipinski definition) is 8. The molecule has 1 saturated heterocycles. The fraction of sp³-hybridized carbons (Fsp3) is 0.607. The number of methoxy groups -OCH3 is 1. The van der Waals surface area contributed by atoms with Crippen molar-refractivity contribution >= 4 is 34.8 Å². The van der Waals surface area contributed by atoms with Gasteiger partial charge in [0.2, 0.25) is 0 Å². The van der Waals surface area contributed by atoms with Gasteiger partial charge in [0.15, 0.2) is 0 Å². The van der Waals surface area contributed by atoms with Gasteiger partial charge in [0.25, 0.3) is 5.91 Å². The van der Waals surface area contributed by atoms with E-state index in [0.29, 0.717) is 34.5 Å². The number of nitrogen functional groups attached to an aromatic ring is 1. The molecule has 1 amide bonds. The highest BCUT2D eigenvalue weighted by Crippen LogP contribution is 2.29. The first-order chi connectivity index (χ1) is 20.0. The van der Waals surface area contributed by atoms with Crippen LogP contribution in [-0.4, -0.2) is 80.0 Å². The van der Waals surface area contributed by atoms with Crippen molar-refractivity contribution in [2.24, 2.45) is 5.92 Å². The normalized spacial score (nSPS) is 13.9. The highest BCUT2D eigenvalue weighted by atomic mass is 35.5. The molecule has 3 heterocycles. The quantitative estimate of drug-likeness (QED) is 0.146. The number of carbonyl (C=O) groups is 1. The summed E-state index contributed by atoms with van der Waals surface area (Å²) in [7, 11) is 1.52. The average molecular weight is 609 g/mol. The van der Waals surface area contributed by atoms with Gasteiger partial charge in [-0.2, -0.15) is 0 Å². The third-order valence-electron chi connectivity index (χ3n) is 7.15. The standard InChI is InChI=1S/C21H31ClN6O2.C7H12ClN3/c1-30-20-14-19(23)18(22)13-17(20)21(29)24-15-16-5-10-27(11-6-16)8-3-2-4-9-28-12-7-25-26-28;8-4-2-1-3-6-11-7-5-9-10-11/h7,12-14,16H,2-6,8-11,15,23H2,1H3,(H,24,29);5,7H,1-4,6H2. The Kier molecular flexibility index (Phi) is 14.7. The summed E-state index contributed by atoms with van der Waals surface area (Å²) in [5.41, 5.74) is 6.60. The van der Waals surface area contributed by atoms with Crippen molar-refractivity contribution in [2.75, 3.05) is 44.9 Å². The van der Waals surface area contributed by atoms with E-state index in [1.165, 1.54) is 26.4 Å². The maximum Gasteiger partial charge on any atom is 0.255 e. The Hall–Kier alpha value is -2.89. The lowest BCUT2D eigenvalue weighted by atomic mass is 9.96. The smallest absolute Gasteiger partial charge is 0.255 e. The number of likely N-dealkylation sites (tertiary alicyclic amines) is 1. The van der Waals surface area contributed by atoms with E-state index >= 15 is 0 Å². The first kappa shape index (κ1) is 32.6. The lowest BCUT2D eigenvalue weighted by Crippen LogP contribution is -2.39. The van der Waals surface area contributed by atoms with Crippen molar-refractivity contribution in [3.63, 3.8) is 0 Å². The van der Waals surface area contributed by atoms with Crippen LogP contribution in [0.15, 0.2) is 36.9 Å². The molecule has 3 N–H and O–H groups in total. The summed E-state index contributed by atoms with van der Waals surface area (Å²) in [5, 5.41) is 18.7. The molecular weight excluding hydrogens is 565 g/mol. The third kappa shape index (κ3) is 11.9. The number of aromatic nitrogens is 6. The molecule has 0 saturated carbocycles. The number of rotatable bonds is 15. The first-order valence-electron chi connectivity index (χ1n) is 14.4. The number of nitrogens with zero attached hydrogens (tertiary/aromatic N) is 7. The average Bonchev–Trinajstić information content (AvgIpc) is 3.71. The molecule has 1 aliphatic rings. The van der Waals surface area contributed by atoms with Crippen LogP contribution >= 0.6 is 23.2 Å². The largest absolute Gasteiger partial charge is 0.496 e. The molecule has 0 atom stereocenters. The number of anilines is 1. The number of unbranched alkanes of at least 4 members (excludes halogenated alkanes) is 4. The van der Waals surface area contributed by atoms with Crippen molar-refractivity contribution in [1.29, 1.82) is 0 Å². The summed E-state index contributed by atoms with van der Waals surface area (Å²) in [6, 6.07) is 3.15. The molecule has 226 valence electrons. The van der Waals surface area contributed by atoms with Crippen LogP contribution in [0.2, 0.25) is 5.02 Å². The lowest BCUT2D eigenvalue weighted by molar-refractivity contribution is 0.0933. The number of amides is 1. The predicted molar refractivity (Wildman–Crippen MR) is 162 cm³/mol. The summed E-state index contributed by atoms with van der Waals surface area (Å²) in [5.74, 6) is 1.52. The molecule has 0 radical (unpaired) electrons. The topological polar surface area (TPSA) is 129 Å². The van der Waals surface area contributed by atoms with Gasteiger partial charge < -0.3 is 20.7 Å². The van der Waals surface area contributed by atoms with Crippen molar-refractivity contribution < 1.29 is 9.53 Å². The molecule has 0 unspecified atom stereocenters.